The van der Waals surface area contributed by atoms with E-state index in [0.29, 0.717) is 4.88 Å². The van der Waals surface area contributed by atoms with Crippen LogP contribution in [-0.4, -0.2) is 5.11 Å². The average molecular weight is 230 g/mol. The van der Waals surface area contributed by atoms with Crippen molar-refractivity contribution in [3.63, 3.8) is 0 Å². The first-order valence-corrected chi connectivity index (χ1v) is 5.69. The van der Waals surface area contributed by atoms with E-state index in [-0.39, 0.29) is 5.56 Å². The van der Waals surface area contributed by atoms with Crippen molar-refractivity contribution in [2.75, 3.05) is 0 Å². The van der Waals surface area contributed by atoms with Crippen LogP contribution in [0, 0.1) is 0 Å². The Hall–Kier alpha value is -0.640. The average Bonchev–Trinajstić information content (AvgIpc) is 2.95. The summed E-state index contributed by atoms with van der Waals surface area (Å²) >= 11 is 2.58. The molecular formula is C11H12OS2. The monoisotopic (exact) mass is 230 g/mol. The van der Waals surface area contributed by atoms with Gasteiger partial charge in [-0.3, -0.25) is 0 Å². The predicted octanol–water partition coefficient (Wildman–Crippen LogP) is 3.70. The number of aliphatic hydroxyl groups is 1. The summed E-state index contributed by atoms with van der Waals surface area (Å²) in [4.78, 5) is 1.22. The quantitative estimate of drug-likeness (QED) is 0.834. The van der Waals surface area contributed by atoms with Crippen molar-refractivity contribution in [2.24, 2.45) is 0 Å². The van der Waals surface area contributed by atoms with Crippen LogP contribution in [0.25, 0.3) is 9.75 Å². The molecule has 0 radical (unpaired) electrons. The molecule has 0 aromatic carbocycles. The minimum atomic E-state index is -3.05. The molecule has 0 fully saturated rings. The van der Waals surface area contributed by atoms with Crippen molar-refractivity contribution < 1.29 is 13.3 Å². The van der Waals surface area contributed by atoms with Gasteiger partial charge in [0.1, 0.15) is 0 Å². The van der Waals surface area contributed by atoms with E-state index in [4.69, 9.17) is 8.22 Å². The third kappa shape index (κ3) is 1.75. The topological polar surface area (TPSA) is 20.2 Å². The van der Waals surface area contributed by atoms with Crippen LogP contribution in [0.15, 0.2) is 29.0 Å². The molecule has 1 N–H and O–H groups in total. The predicted molar refractivity (Wildman–Crippen MR) is 62.9 cm³/mol. The molecule has 2 aromatic rings. The highest BCUT2D eigenvalue weighted by Crippen LogP contribution is 2.38. The van der Waals surface area contributed by atoms with Crippen LogP contribution < -0.4 is 0 Å². The van der Waals surface area contributed by atoms with E-state index in [0.717, 1.165) is 4.88 Å². The van der Waals surface area contributed by atoms with Crippen LogP contribution in [0.3, 0.4) is 0 Å². The van der Waals surface area contributed by atoms with Gasteiger partial charge in [0, 0.05) is 18.7 Å². The lowest BCUT2D eigenvalue weighted by atomic mass is 9.99. The van der Waals surface area contributed by atoms with Crippen molar-refractivity contribution in [2.45, 2.75) is 19.3 Å². The minimum Gasteiger partial charge on any atom is -0.386 e. The van der Waals surface area contributed by atoms with Gasteiger partial charge in [-0.2, -0.15) is 0 Å². The van der Waals surface area contributed by atoms with E-state index in [2.05, 4.69) is 0 Å². The fraction of sp³-hybridized carbons (Fsp3) is 0.273. The largest absolute Gasteiger partial charge is 0.386 e. The molecule has 0 saturated heterocycles. The van der Waals surface area contributed by atoms with Crippen molar-refractivity contribution in [3.8, 4) is 9.75 Å². The molecule has 0 spiro atoms. The first-order valence-electron chi connectivity index (χ1n) is 6.93. The Balaban J connectivity index is 2.67. The smallest absolute Gasteiger partial charge is 0.0854 e. The lowest BCUT2D eigenvalue weighted by Gasteiger charge is -2.17. The van der Waals surface area contributed by atoms with Crippen molar-refractivity contribution in [3.05, 3.63) is 34.5 Å². The van der Waals surface area contributed by atoms with E-state index in [1.165, 1.54) is 28.7 Å². The molecule has 14 heavy (non-hydrogen) atoms. The van der Waals surface area contributed by atoms with Gasteiger partial charge in [-0.25, -0.2) is 0 Å². The highest BCUT2D eigenvalue weighted by Gasteiger charge is 2.21. The molecule has 0 amide bonds. The summed E-state index contributed by atoms with van der Waals surface area (Å²) in [5.41, 5.74) is -2.94. The lowest BCUT2D eigenvalue weighted by molar-refractivity contribution is 0.0796. The van der Waals surface area contributed by atoms with Gasteiger partial charge in [0.15, 0.2) is 0 Å². The fourth-order valence-electron chi connectivity index (χ4n) is 1.19. The summed E-state index contributed by atoms with van der Waals surface area (Å²) in [6.45, 7) is -6.10. The molecule has 0 aliphatic heterocycles. The molecule has 0 aliphatic carbocycles. The molecule has 0 atom stereocenters. The Kier molecular flexibility index (Phi) is 1.23. The molecular weight excluding hydrogens is 212 g/mol. The minimum absolute atomic E-state index is 0.0649. The summed E-state index contributed by atoms with van der Waals surface area (Å²) in [5.74, 6) is 0. The SMILES string of the molecule is [2H]C([2H])([2H])C(O)(c1ccsc1-c1cccs1)C([2H])([2H])[2H]. The van der Waals surface area contributed by atoms with Gasteiger partial charge in [0.05, 0.1) is 10.5 Å². The van der Waals surface area contributed by atoms with Gasteiger partial charge in [0.25, 0.3) is 0 Å². The van der Waals surface area contributed by atoms with E-state index in [9.17, 15) is 5.11 Å². The maximum absolute atomic E-state index is 10.5. The van der Waals surface area contributed by atoms with E-state index < -0.39 is 19.3 Å². The molecule has 2 rings (SSSR count). The number of rotatable bonds is 2. The molecule has 0 aliphatic rings. The van der Waals surface area contributed by atoms with Gasteiger partial charge < -0.3 is 5.11 Å². The number of hydrogen-bond donors (Lipinski definition) is 1. The molecule has 3 heteroatoms. The van der Waals surface area contributed by atoms with Gasteiger partial charge >= 0.3 is 0 Å². The summed E-state index contributed by atoms with van der Waals surface area (Å²) < 4.78 is 44.8. The van der Waals surface area contributed by atoms with Crippen LogP contribution >= 0.6 is 22.7 Å². The molecule has 0 unspecified atom stereocenters. The van der Waals surface area contributed by atoms with Crippen LogP contribution in [-0.2, 0) is 5.60 Å². The number of thiophene rings is 2. The maximum Gasteiger partial charge on any atom is 0.0854 e. The fourth-order valence-corrected chi connectivity index (χ4v) is 3.03. The van der Waals surface area contributed by atoms with Crippen molar-refractivity contribution in [1.82, 2.24) is 0 Å². The standard InChI is InChI=1S/C11H12OS2/c1-11(2,12)8-5-7-14-10(8)9-4-3-6-13-9/h3-7,12H,1-2H3/i1D3,2D3. The van der Waals surface area contributed by atoms with Gasteiger partial charge in [-0.05, 0) is 36.6 Å². The Labute approximate surface area is 100 Å². The zero-order chi connectivity index (χ0) is 15.2. The molecule has 1 nitrogen and oxygen atoms in total. The van der Waals surface area contributed by atoms with Crippen LogP contribution in [0.1, 0.15) is 27.5 Å². The molecule has 2 aromatic heterocycles. The third-order valence-electron chi connectivity index (χ3n) is 1.80. The third-order valence-corrected chi connectivity index (χ3v) is 3.76. The Bertz CT molecular complexity index is 567. The Morgan fingerprint density at radius 3 is 2.79 bits per heavy atom. The van der Waals surface area contributed by atoms with Crippen LogP contribution in [0.4, 0.5) is 0 Å². The summed E-state index contributed by atoms with van der Waals surface area (Å²) in [6, 6.07) is 4.92. The zero-order valence-electron chi connectivity index (χ0n) is 13.2. The second kappa shape index (κ2) is 3.50. The highest BCUT2D eigenvalue weighted by molar-refractivity contribution is 7.20. The van der Waals surface area contributed by atoms with Gasteiger partial charge in [0.2, 0.25) is 0 Å². The second-order valence-electron chi connectivity index (χ2n) is 2.85. The molecule has 0 saturated carbocycles. The molecule has 0 bridgehead atoms. The normalized spacial score (nSPS) is 20.1. The van der Waals surface area contributed by atoms with Gasteiger partial charge in [-0.15, -0.1) is 22.7 Å². The van der Waals surface area contributed by atoms with E-state index >= 15 is 0 Å². The van der Waals surface area contributed by atoms with Crippen LogP contribution in [0.5, 0.6) is 0 Å². The van der Waals surface area contributed by atoms with E-state index in [1.807, 2.05) is 5.38 Å². The first-order chi connectivity index (χ1) is 9.09. The first kappa shape index (κ1) is 4.92. The van der Waals surface area contributed by atoms with Crippen molar-refractivity contribution in [1.29, 1.82) is 0 Å². The Morgan fingerprint density at radius 1 is 1.29 bits per heavy atom. The second-order valence-corrected chi connectivity index (χ2v) is 4.71. The van der Waals surface area contributed by atoms with Gasteiger partial charge in [-0.1, -0.05) is 6.07 Å². The molecule has 2 heterocycles. The van der Waals surface area contributed by atoms with Crippen LogP contribution in [0.2, 0.25) is 0 Å². The number of hydrogen-bond acceptors (Lipinski definition) is 3. The van der Waals surface area contributed by atoms with E-state index in [1.54, 1.807) is 17.5 Å². The maximum atomic E-state index is 10.5. The zero-order valence-corrected chi connectivity index (χ0v) is 8.78. The summed E-state index contributed by atoms with van der Waals surface area (Å²) in [7, 11) is 0. The molecule has 74 valence electrons. The van der Waals surface area contributed by atoms with Crippen molar-refractivity contribution >= 4 is 22.7 Å². The summed E-state index contributed by atoms with van der Waals surface area (Å²) in [6.07, 6.45) is 0. The summed E-state index contributed by atoms with van der Waals surface area (Å²) in [5, 5.41) is 13.9. The highest BCUT2D eigenvalue weighted by atomic mass is 32.1. The lowest BCUT2D eigenvalue weighted by Crippen LogP contribution is -2.14. The Morgan fingerprint density at radius 2 is 2.14 bits per heavy atom.